The van der Waals surface area contributed by atoms with Gasteiger partial charge in [-0.2, -0.15) is 0 Å². The summed E-state index contributed by atoms with van der Waals surface area (Å²) in [7, 11) is 0. The second kappa shape index (κ2) is 7.51. The third-order valence-electron chi connectivity index (χ3n) is 6.22. The van der Waals surface area contributed by atoms with Crippen LogP contribution in [0.3, 0.4) is 0 Å². The van der Waals surface area contributed by atoms with Crippen LogP contribution in [0, 0.1) is 24.5 Å². The fourth-order valence-electron chi connectivity index (χ4n) is 5.03. The zero-order chi connectivity index (χ0) is 22.6. The van der Waals surface area contributed by atoms with E-state index >= 15 is 0 Å². The Labute approximate surface area is 187 Å². The van der Waals surface area contributed by atoms with Crippen LogP contribution in [0.5, 0.6) is 0 Å². The SMILES string of the molecule is Cc1nnc([C@]23C[C@H](C)C[C@H](C2)N3C(=O)Nc2cc(-c3cncc(F)c3)c(Cl)cc2F)o1. The van der Waals surface area contributed by atoms with Gasteiger partial charge in [-0.3, -0.25) is 4.98 Å². The van der Waals surface area contributed by atoms with Crippen molar-refractivity contribution in [3.63, 3.8) is 0 Å². The molecule has 1 N–H and O–H groups in total. The molecule has 32 heavy (non-hydrogen) atoms. The average molecular weight is 460 g/mol. The number of likely N-dealkylation sites (tertiary alicyclic amines) is 1. The molecule has 166 valence electrons. The Hall–Kier alpha value is -3.07. The molecule has 1 aliphatic carbocycles. The summed E-state index contributed by atoms with van der Waals surface area (Å²) in [6.45, 7) is 3.82. The van der Waals surface area contributed by atoms with E-state index in [1.54, 1.807) is 11.8 Å². The highest BCUT2D eigenvalue weighted by molar-refractivity contribution is 6.33. The number of carbonyl (C=O) groups excluding carboxylic acids is 1. The number of amides is 2. The second-order valence-corrected chi connectivity index (χ2v) is 8.97. The Kier molecular flexibility index (Phi) is 4.88. The number of nitrogens with zero attached hydrogens (tertiary/aromatic N) is 4. The Morgan fingerprint density at radius 2 is 2.06 bits per heavy atom. The van der Waals surface area contributed by atoms with Gasteiger partial charge >= 0.3 is 6.03 Å². The fraction of sp³-hybridized carbons (Fsp3) is 0.364. The van der Waals surface area contributed by atoms with E-state index in [2.05, 4.69) is 27.4 Å². The normalized spacial score (nSPS) is 24.2. The number of halogens is 3. The van der Waals surface area contributed by atoms with Crippen LogP contribution in [-0.4, -0.2) is 32.2 Å². The molecule has 1 aliphatic heterocycles. The highest BCUT2D eigenvalue weighted by Gasteiger charge is 2.62. The number of benzene rings is 1. The highest BCUT2D eigenvalue weighted by Crippen LogP contribution is 2.55. The minimum atomic E-state index is -0.702. The zero-order valence-corrected chi connectivity index (χ0v) is 18.2. The number of anilines is 1. The van der Waals surface area contributed by atoms with Crippen molar-refractivity contribution in [2.45, 2.75) is 44.7 Å². The Morgan fingerprint density at radius 1 is 1.25 bits per heavy atom. The van der Waals surface area contributed by atoms with Crippen LogP contribution in [0.1, 0.15) is 38.0 Å². The van der Waals surface area contributed by atoms with Gasteiger partial charge in [-0.15, -0.1) is 10.2 Å². The first-order valence-electron chi connectivity index (χ1n) is 10.3. The van der Waals surface area contributed by atoms with Crippen molar-refractivity contribution in [3.8, 4) is 11.1 Å². The molecule has 1 aromatic carbocycles. The molecule has 5 rings (SSSR count). The summed E-state index contributed by atoms with van der Waals surface area (Å²) in [5.74, 6) is -0.0418. The van der Waals surface area contributed by atoms with Crippen molar-refractivity contribution in [2.24, 2.45) is 5.92 Å². The van der Waals surface area contributed by atoms with E-state index < -0.39 is 23.2 Å². The predicted octanol–water partition coefficient (Wildman–Crippen LogP) is 5.30. The standard InChI is InChI=1S/C22H20ClF2N5O2/c1-11-3-15-8-22(7-11,20-29-28-12(2)32-20)30(15)21(31)27-19-5-16(17(23)6-18(19)25)13-4-14(24)10-26-9-13/h4-6,9-11,15H,3,7-8H2,1-2H3,(H,27,31)/t11-,15-,22+/m1/s1. The van der Waals surface area contributed by atoms with E-state index in [-0.39, 0.29) is 16.8 Å². The Bertz CT molecular complexity index is 1220. The van der Waals surface area contributed by atoms with Crippen LogP contribution in [-0.2, 0) is 5.54 Å². The molecule has 3 atom stereocenters. The molecule has 2 bridgehead atoms. The molecule has 0 radical (unpaired) electrons. The van der Waals surface area contributed by atoms with Gasteiger partial charge in [0.15, 0.2) is 0 Å². The third-order valence-corrected chi connectivity index (χ3v) is 6.53. The second-order valence-electron chi connectivity index (χ2n) is 8.56. The van der Waals surface area contributed by atoms with Gasteiger partial charge in [0.05, 0.1) is 16.9 Å². The highest BCUT2D eigenvalue weighted by atomic mass is 35.5. The summed E-state index contributed by atoms with van der Waals surface area (Å²) in [5.41, 5.74) is -0.0344. The Balaban J connectivity index is 1.47. The number of fused-ring (bicyclic) bond motifs is 2. The number of hydrogen-bond donors (Lipinski definition) is 1. The van der Waals surface area contributed by atoms with E-state index in [1.807, 2.05) is 0 Å². The molecular weight excluding hydrogens is 440 g/mol. The van der Waals surface area contributed by atoms with Gasteiger partial charge in [0.25, 0.3) is 0 Å². The molecule has 2 amide bonds. The number of piperidine rings is 1. The summed E-state index contributed by atoms with van der Waals surface area (Å²) in [6, 6.07) is 3.24. The molecule has 0 unspecified atom stereocenters. The summed E-state index contributed by atoms with van der Waals surface area (Å²) in [5, 5.41) is 10.8. The number of hydrogen-bond acceptors (Lipinski definition) is 5. The summed E-state index contributed by atoms with van der Waals surface area (Å²) < 4.78 is 34.0. The molecule has 1 saturated heterocycles. The van der Waals surface area contributed by atoms with Gasteiger partial charge in [-0.25, -0.2) is 13.6 Å². The predicted molar refractivity (Wildman–Crippen MR) is 113 cm³/mol. The molecule has 1 saturated carbocycles. The van der Waals surface area contributed by atoms with Gasteiger partial charge in [0.1, 0.15) is 17.2 Å². The maximum Gasteiger partial charge on any atom is 0.323 e. The van der Waals surface area contributed by atoms with E-state index in [0.29, 0.717) is 35.2 Å². The minimum absolute atomic E-state index is 0.00629. The van der Waals surface area contributed by atoms with Crippen LogP contribution >= 0.6 is 11.6 Å². The van der Waals surface area contributed by atoms with E-state index in [1.165, 1.54) is 18.3 Å². The van der Waals surface area contributed by atoms with Gasteiger partial charge in [-0.1, -0.05) is 18.5 Å². The summed E-state index contributed by atoms with van der Waals surface area (Å²) in [6.07, 6.45) is 4.72. The topological polar surface area (TPSA) is 84.2 Å². The molecule has 7 nitrogen and oxygen atoms in total. The maximum atomic E-state index is 14.7. The first-order chi connectivity index (χ1) is 15.3. The van der Waals surface area contributed by atoms with Crippen molar-refractivity contribution in [2.75, 3.05) is 5.32 Å². The van der Waals surface area contributed by atoms with Crippen molar-refractivity contribution in [1.82, 2.24) is 20.1 Å². The first kappa shape index (κ1) is 20.8. The first-order valence-corrected chi connectivity index (χ1v) is 10.7. The number of rotatable bonds is 3. The number of aromatic nitrogens is 3. The van der Waals surface area contributed by atoms with E-state index in [9.17, 15) is 13.6 Å². The van der Waals surface area contributed by atoms with Crippen molar-refractivity contribution < 1.29 is 18.0 Å². The molecule has 2 fully saturated rings. The van der Waals surface area contributed by atoms with Crippen molar-refractivity contribution in [1.29, 1.82) is 0 Å². The van der Waals surface area contributed by atoms with E-state index in [4.69, 9.17) is 16.0 Å². The van der Waals surface area contributed by atoms with Crippen LogP contribution in [0.25, 0.3) is 11.1 Å². The lowest BCUT2D eigenvalue weighted by molar-refractivity contribution is -0.110. The van der Waals surface area contributed by atoms with Gasteiger partial charge in [0.2, 0.25) is 11.8 Å². The van der Waals surface area contributed by atoms with Crippen molar-refractivity contribution in [3.05, 3.63) is 59.0 Å². The number of aryl methyl sites for hydroxylation is 1. The summed E-state index contributed by atoms with van der Waals surface area (Å²) >= 11 is 6.18. The largest absolute Gasteiger partial charge is 0.423 e. The monoisotopic (exact) mass is 459 g/mol. The van der Waals surface area contributed by atoms with Crippen LogP contribution < -0.4 is 5.32 Å². The van der Waals surface area contributed by atoms with Crippen LogP contribution in [0.2, 0.25) is 5.02 Å². The van der Waals surface area contributed by atoms with Gasteiger partial charge in [-0.05, 0) is 37.0 Å². The third kappa shape index (κ3) is 3.31. The molecule has 3 heterocycles. The van der Waals surface area contributed by atoms with Gasteiger partial charge in [0, 0.05) is 36.7 Å². The van der Waals surface area contributed by atoms with Crippen LogP contribution in [0.4, 0.5) is 19.3 Å². The van der Waals surface area contributed by atoms with Gasteiger partial charge < -0.3 is 14.6 Å². The Morgan fingerprint density at radius 3 is 2.78 bits per heavy atom. The number of nitrogens with one attached hydrogen (secondary N) is 1. The fourth-order valence-corrected chi connectivity index (χ4v) is 5.29. The molecule has 2 aliphatic rings. The van der Waals surface area contributed by atoms with E-state index in [0.717, 1.165) is 25.1 Å². The molecule has 10 heteroatoms. The molecule has 3 aromatic rings. The number of pyridine rings is 1. The lowest BCUT2D eigenvalue weighted by Crippen LogP contribution is -2.70. The number of carbonyl (C=O) groups is 1. The average Bonchev–Trinajstić information content (AvgIpc) is 3.16. The zero-order valence-electron chi connectivity index (χ0n) is 17.4. The van der Waals surface area contributed by atoms with Crippen molar-refractivity contribution >= 4 is 23.3 Å². The molecular formula is C22H20ClF2N5O2. The lowest BCUT2D eigenvalue weighted by atomic mass is 9.64. The number of urea groups is 1. The smallest absolute Gasteiger partial charge is 0.323 e. The summed E-state index contributed by atoms with van der Waals surface area (Å²) in [4.78, 5) is 18.8. The molecule has 2 aromatic heterocycles. The maximum absolute atomic E-state index is 14.7. The molecule has 0 spiro atoms. The minimum Gasteiger partial charge on any atom is -0.423 e. The quantitative estimate of drug-likeness (QED) is 0.574. The lowest BCUT2D eigenvalue weighted by Gasteiger charge is -2.61. The van der Waals surface area contributed by atoms with Crippen LogP contribution in [0.15, 0.2) is 35.0 Å².